The second-order valence-corrected chi connectivity index (χ2v) is 6.24. The molecule has 3 rings (SSSR count). The molecule has 1 atom stereocenters. The topological polar surface area (TPSA) is 59.0 Å². The van der Waals surface area contributed by atoms with Gasteiger partial charge in [-0.1, -0.05) is 49.4 Å². The van der Waals surface area contributed by atoms with Gasteiger partial charge in [-0.05, 0) is 42.2 Å². The summed E-state index contributed by atoms with van der Waals surface area (Å²) < 4.78 is 1.80. The molecule has 0 aliphatic rings. The first-order valence-corrected chi connectivity index (χ1v) is 8.92. The van der Waals surface area contributed by atoms with E-state index in [4.69, 9.17) is 0 Å². The molecule has 0 radical (unpaired) electrons. The van der Waals surface area contributed by atoms with Crippen LogP contribution in [0.2, 0.25) is 0 Å². The van der Waals surface area contributed by atoms with Gasteiger partial charge in [0.2, 0.25) is 0 Å². The van der Waals surface area contributed by atoms with Crippen LogP contribution in [0.3, 0.4) is 0 Å². The molecule has 2 N–H and O–H groups in total. The second kappa shape index (κ2) is 8.85. The minimum Gasteiger partial charge on any atom is -0.335 e. The fraction of sp³-hybridized carbons (Fsp3) is 0.238. The summed E-state index contributed by atoms with van der Waals surface area (Å²) in [6, 6.07) is 20.1. The standard InChI is InChI=1S/C21H24N4O/c1-2-19(14-17-8-4-3-5-9-17)24-21(26)22-16-18-10-6-11-20(15-18)25-13-7-12-23-25/h3-13,15,19H,2,14,16H2,1H3,(H2,22,24,26). The lowest BCUT2D eigenvalue weighted by Crippen LogP contribution is -2.42. The SMILES string of the molecule is CCC(Cc1ccccc1)NC(=O)NCc1cccc(-n2cccn2)c1. The van der Waals surface area contributed by atoms with E-state index in [0.29, 0.717) is 6.54 Å². The van der Waals surface area contributed by atoms with E-state index in [-0.39, 0.29) is 12.1 Å². The van der Waals surface area contributed by atoms with Gasteiger partial charge in [0.15, 0.2) is 0 Å². The Morgan fingerprint density at radius 1 is 1.08 bits per heavy atom. The van der Waals surface area contributed by atoms with E-state index in [9.17, 15) is 4.79 Å². The predicted molar refractivity (Wildman–Crippen MR) is 103 cm³/mol. The van der Waals surface area contributed by atoms with Crippen LogP contribution in [0.15, 0.2) is 73.1 Å². The van der Waals surface area contributed by atoms with Gasteiger partial charge in [-0.25, -0.2) is 9.48 Å². The number of hydrogen-bond acceptors (Lipinski definition) is 2. The van der Waals surface area contributed by atoms with Crippen molar-refractivity contribution in [3.05, 3.63) is 84.2 Å². The zero-order chi connectivity index (χ0) is 18.2. The van der Waals surface area contributed by atoms with Gasteiger partial charge in [0, 0.05) is 25.0 Å². The molecule has 5 heteroatoms. The quantitative estimate of drug-likeness (QED) is 0.684. The highest BCUT2D eigenvalue weighted by atomic mass is 16.2. The minimum absolute atomic E-state index is 0.118. The number of amides is 2. The average molecular weight is 348 g/mol. The van der Waals surface area contributed by atoms with Crippen LogP contribution in [0.4, 0.5) is 4.79 Å². The van der Waals surface area contributed by atoms with Crippen LogP contribution in [-0.4, -0.2) is 21.9 Å². The summed E-state index contributed by atoms with van der Waals surface area (Å²) >= 11 is 0. The molecule has 26 heavy (non-hydrogen) atoms. The van der Waals surface area contributed by atoms with Gasteiger partial charge in [0.1, 0.15) is 0 Å². The highest BCUT2D eigenvalue weighted by Gasteiger charge is 2.11. The number of urea groups is 1. The van der Waals surface area contributed by atoms with Gasteiger partial charge in [-0.3, -0.25) is 0 Å². The third-order valence-corrected chi connectivity index (χ3v) is 4.29. The van der Waals surface area contributed by atoms with E-state index in [1.165, 1.54) is 5.56 Å². The van der Waals surface area contributed by atoms with Gasteiger partial charge >= 0.3 is 6.03 Å². The molecule has 0 saturated carbocycles. The zero-order valence-corrected chi connectivity index (χ0v) is 14.9. The summed E-state index contributed by atoms with van der Waals surface area (Å²) in [5.74, 6) is 0. The molecule has 3 aromatic rings. The van der Waals surface area contributed by atoms with E-state index in [1.54, 1.807) is 10.9 Å². The number of carbonyl (C=O) groups excluding carboxylic acids is 1. The molecular formula is C21H24N4O. The third kappa shape index (κ3) is 4.96. The first-order chi connectivity index (χ1) is 12.7. The average Bonchev–Trinajstić information content (AvgIpc) is 3.22. The number of carbonyl (C=O) groups is 1. The van der Waals surface area contributed by atoms with E-state index in [2.05, 4.69) is 34.8 Å². The fourth-order valence-corrected chi connectivity index (χ4v) is 2.85. The van der Waals surface area contributed by atoms with Crippen molar-refractivity contribution < 1.29 is 4.79 Å². The highest BCUT2D eigenvalue weighted by molar-refractivity contribution is 5.74. The van der Waals surface area contributed by atoms with Crippen molar-refractivity contribution in [2.75, 3.05) is 0 Å². The molecule has 0 aliphatic heterocycles. The highest BCUT2D eigenvalue weighted by Crippen LogP contribution is 2.10. The van der Waals surface area contributed by atoms with Crippen LogP contribution < -0.4 is 10.6 Å². The lowest BCUT2D eigenvalue weighted by molar-refractivity contribution is 0.236. The Hall–Kier alpha value is -3.08. The lowest BCUT2D eigenvalue weighted by Gasteiger charge is -2.18. The van der Waals surface area contributed by atoms with Crippen molar-refractivity contribution in [2.24, 2.45) is 0 Å². The molecule has 2 aromatic carbocycles. The summed E-state index contributed by atoms with van der Waals surface area (Å²) in [4.78, 5) is 12.2. The summed E-state index contributed by atoms with van der Waals surface area (Å²) in [5.41, 5.74) is 3.24. The lowest BCUT2D eigenvalue weighted by atomic mass is 10.0. The minimum atomic E-state index is -0.141. The molecular weight excluding hydrogens is 324 g/mol. The van der Waals surface area contributed by atoms with E-state index < -0.39 is 0 Å². The molecule has 5 nitrogen and oxygen atoms in total. The van der Waals surface area contributed by atoms with Crippen LogP contribution in [0.5, 0.6) is 0 Å². The van der Waals surface area contributed by atoms with Crippen LogP contribution in [0, 0.1) is 0 Å². The number of hydrogen-bond donors (Lipinski definition) is 2. The number of rotatable bonds is 7. The third-order valence-electron chi connectivity index (χ3n) is 4.29. The Balaban J connectivity index is 1.52. The maximum Gasteiger partial charge on any atom is 0.315 e. The van der Waals surface area contributed by atoms with Crippen molar-refractivity contribution in [3.63, 3.8) is 0 Å². The molecule has 2 amide bonds. The van der Waals surface area contributed by atoms with Crippen LogP contribution >= 0.6 is 0 Å². The number of nitrogens with zero attached hydrogens (tertiary/aromatic N) is 2. The Morgan fingerprint density at radius 3 is 2.62 bits per heavy atom. The first-order valence-electron chi connectivity index (χ1n) is 8.92. The van der Waals surface area contributed by atoms with Gasteiger partial charge in [-0.15, -0.1) is 0 Å². The number of aromatic nitrogens is 2. The van der Waals surface area contributed by atoms with Crippen LogP contribution in [-0.2, 0) is 13.0 Å². The largest absolute Gasteiger partial charge is 0.335 e. The molecule has 0 bridgehead atoms. The second-order valence-electron chi connectivity index (χ2n) is 6.24. The maximum atomic E-state index is 12.2. The van der Waals surface area contributed by atoms with Gasteiger partial charge in [0.25, 0.3) is 0 Å². The maximum absolute atomic E-state index is 12.2. The first kappa shape index (κ1) is 17.7. The van der Waals surface area contributed by atoms with E-state index in [0.717, 1.165) is 24.1 Å². The molecule has 0 saturated heterocycles. The van der Waals surface area contributed by atoms with Crippen LogP contribution in [0.1, 0.15) is 24.5 Å². The molecule has 0 fully saturated rings. The molecule has 0 aliphatic carbocycles. The number of nitrogens with one attached hydrogen (secondary N) is 2. The Labute approximate surface area is 154 Å². The van der Waals surface area contributed by atoms with Crippen LogP contribution in [0.25, 0.3) is 5.69 Å². The van der Waals surface area contributed by atoms with Crippen molar-refractivity contribution in [2.45, 2.75) is 32.4 Å². The number of benzene rings is 2. The molecule has 134 valence electrons. The van der Waals surface area contributed by atoms with Gasteiger partial charge < -0.3 is 10.6 Å². The Kier molecular flexibility index (Phi) is 6.04. The van der Waals surface area contributed by atoms with Crippen molar-refractivity contribution in [1.29, 1.82) is 0 Å². The molecule has 1 heterocycles. The monoisotopic (exact) mass is 348 g/mol. The Bertz CT molecular complexity index is 815. The van der Waals surface area contributed by atoms with Crippen molar-refractivity contribution in [1.82, 2.24) is 20.4 Å². The Morgan fingerprint density at radius 2 is 1.88 bits per heavy atom. The molecule has 1 unspecified atom stereocenters. The van der Waals surface area contributed by atoms with E-state index >= 15 is 0 Å². The van der Waals surface area contributed by atoms with Crippen molar-refractivity contribution >= 4 is 6.03 Å². The van der Waals surface area contributed by atoms with Crippen molar-refractivity contribution in [3.8, 4) is 5.69 Å². The smallest absolute Gasteiger partial charge is 0.315 e. The summed E-state index contributed by atoms with van der Waals surface area (Å²) in [7, 11) is 0. The zero-order valence-electron chi connectivity index (χ0n) is 14.9. The summed E-state index contributed by atoms with van der Waals surface area (Å²) in [6.07, 6.45) is 5.36. The van der Waals surface area contributed by atoms with Gasteiger partial charge in [0.05, 0.1) is 5.69 Å². The predicted octanol–water partition coefficient (Wildman–Crippen LogP) is 3.69. The molecule has 0 spiro atoms. The fourth-order valence-electron chi connectivity index (χ4n) is 2.85. The summed E-state index contributed by atoms with van der Waals surface area (Å²) in [5, 5.41) is 10.2. The van der Waals surface area contributed by atoms with Gasteiger partial charge in [-0.2, -0.15) is 5.10 Å². The molecule has 1 aromatic heterocycles. The normalized spacial score (nSPS) is 11.7. The van der Waals surface area contributed by atoms with E-state index in [1.807, 2.05) is 54.7 Å². The summed E-state index contributed by atoms with van der Waals surface area (Å²) in [6.45, 7) is 2.56.